The van der Waals surface area contributed by atoms with E-state index < -0.39 is 0 Å². The number of rotatable bonds is 3. The normalized spacial score (nSPS) is 17.2. The van der Waals surface area contributed by atoms with Gasteiger partial charge in [-0.1, -0.05) is 11.6 Å². The fourth-order valence-electron chi connectivity index (χ4n) is 2.84. The zero-order valence-corrected chi connectivity index (χ0v) is 14.8. The highest BCUT2D eigenvalue weighted by Crippen LogP contribution is 2.31. The Morgan fingerprint density at radius 1 is 1.46 bits per heavy atom. The van der Waals surface area contributed by atoms with Gasteiger partial charge in [0.05, 0.1) is 29.4 Å². The maximum atomic E-state index is 12.9. The molecule has 2 aromatic rings. The minimum absolute atomic E-state index is 0. The molecule has 1 aliphatic rings. The van der Waals surface area contributed by atoms with Crippen LogP contribution >= 0.6 is 24.0 Å². The first-order chi connectivity index (χ1) is 11.1. The van der Waals surface area contributed by atoms with Crippen LogP contribution in [-0.4, -0.2) is 45.8 Å². The summed E-state index contributed by atoms with van der Waals surface area (Å²) in [5.74, 6) is 0.313. The van der Waals surface area contributed by atoms with Crippen molar-refractivity contribution in [3.05, 3.63) is 35.4 Å². The number of ether oxygens (including phenoxy) is 1. The molecule has 0 saturated carbocycles. The van der Waals surface area contributed by atoms with E-state index in [9.17, 15) is 4.79 Å². The molecule has 2 N–H and O–H groups in total. The molecule has 1 aromatic carbocycles. The molecule has 1 atom stereocenters. The van der Waals surface area contributed by atoms with Crippen molar-refractivity contribution in [2.75, 3.05) is 25.9 Å². The molecule has 2 heterocycles. The van der Waals surface area contributed by atoms with Crippen LogP contribution in [0.2, 0.25) is 5.02 Å². The molecule has 24 heavy (non-hydrogen) atoms. The number of nitrogens with zero attached hydrogens (tertiary/aromatic N) is 4. The lowest BCUT2D eigenvalue weighted by Crippen LogP contribution is -2.41. The average molecular weight is 372 g/mol. The molecular formula is C15H19Cl2N5O2. The third-order valence-electron chi connectivity index (χ3n) is 4.04. The fourth-order valence-corrected chi connectivity index (χ4v) is 3.00. The number of piperidine rings is 1. The number of likely N-dealkylation sites (tertiary alicyclic amines) is 1. The zero-order valence-electron chi connectivity index (χ0n) is 13.2. The molecular weight excluding hydrogens is 353 g/mol. The molecule has 130 valence electrons. The average Bonchev–Trinajstić information content (AvgIpc) is 3.11. The zero-order chi connectivity index (χ0) is 16.4. The smallest absolute Gasteiger partial charge is 0.257 e. The third-order valence-corrected chi connectivity index (χ3v) is 4.37. The van der Waals surface area contributed by atoms with Crippen LogP contribution in [0.5, 0.6) is 5.75 Å². The number of nitrogen functional groups attached to an aromatic ring is 1. The van der Waals surface area contributed by atoms with Gasteiger partial charge in [-0.3, -0.25) is 4.79 Å². The number of methoxy groups -OCH3 is 1. The van der Waals surface area contributed by atoms with Crippen molar-refractivity contribution in [3.63, 3.8) is 0 Å². The fraction of sp³-hybridized carbons (Fsp3) is 0.400. The van der Waals surface area contributed by atoms with Crippen molar-refractivity contribution in [1.82, 2.24) is 19.7 Å². The SMILES string of the molecule is COc1cc(N)c(Cl)cc1C(=O)N1CCCC(n2cncn2)C1.Cl. The second-order valence-corrected chi connectivity index (χ2v) is 5.90. The van der Waals surface area contributed by atoms with Gasteiger partial charge in [0, 0.05) is 19.2 Å². The summed E-state index contributed by atoms with van der Waals surface area (Å²) >= 11 is 6.06. The number of anilines is 1. The molecule has 1 aromatic heterocycles. The molecule has 7 nitrogen and oxygen atoms in total. The molecule has 0 radical (unpaired) electrons. The van der Waals surface area contributed by atoms with E-state index in [2.05, 4.69) is 10.1 Å². The van der Waals surface area contributed by atoms with Crippen molar-refractivity contribution in [2.45, 2.75) is 18.9 Å². The third kappa shape index (κ3) is 3.57. The highest BCUT2D eigenvalue weighted by Gasteiger charge is 2.28. The lowest BCUT2D eigenvalue weighted by atomic mass is 10.0. The van der Waals surface area contributed by atoms with Crippen molar-refractivity contribution in [3.8, 4) is 5.75 Å². The summed E-state index contributed by atoms with van der Waals surface area (Å²) in [4.78, 5) is 18.6. The van der Waals surface area contributed by atoms with Crippen molar-refractivity contribution < 1.29 is 9.53 Å². The number of halogens is 2. The number of hydrogen-bond donors (Lipinski definition) is 1. The van der Waals surface area contributed by atoms with Crippen LogP contribution in [0.25, 0.3) is 0 Å². The summed E-state index contributed by atoms with van der Waals surface area (Å²) in [5.41, 5.74) is 6.58. The lowest BCUT2D eigenvalue weighted by molar-refractivity contribution is 0.0669. The van der Waals surface area contributed by atoms with E-state index in [1.807, 2.05) is 0 Å². The summed E-state index contributed by atoms with van der Waals surface area (Å²) in [6, 6.07) is 3.27. The molecule has 3 rings (SSSR count). The van der Waals surface area contributed by atoms with Crippen LogP contribution in [-0.2, 0) is 0 Å². The second kappa shape index (κ2) is 7.72. The Labute approximate surface area is 151 Å². The van der Waals surface area contributed by atoms with Crippen LogP contribution in [0.4, 0.5) is 5.69 Å². The van der Waals surface area contributed by atoms with Crippen LogP contribution < -0.4 is 10.5 Å². The second-order valence-electron chi connectivity index (χ2n) is 5.50. The van der Waals surface area contributed by atoms with E-state index in [1.165, 1.54) is 13.4 Å². The summed E-state index contributed by atoms with van der Waals surface area (Å²) in [6.45, 7) is 1.27. The van der Waals surface area contributed by atoms with Gasteiger partial charge in [0.25, 0.3) is 5.91 Å². The van der Waals surface area contributed by atoms with E-state index in [0.29, 0.717) is 35.1 Å². The Balaban J connectivity index is 0.00000208. The Morgan fingerprint density at radius 3 is 2.92 bits per heavy atom. The largest absolute Gasteiger partial charge is 0.496 e. The van der Waals surface area contributed by atoms with E-state index in [-0.39, 0.29) is 24.4 Å². The van der Waals surface area contributed by atoms with Crippen LogP contribution in [0.3, 0.4) is 0 Å². The monoisotopic (exact) mass is 371 g/mol. The highest BCUT2D eigenvalue weighted by atomic mass is 35.5. The molecule has 9 heteroatoms. The number of hydrogen-bond acceptors (Lipinski definition) is 5. The number of carbonyl (C=O) groups excluding carboxylic acids is 1. The summed E-state index contributed by atoms with van der Waals surface area (Å²) in [5, 5.41) is 4.52. The van der Waals surface area contributed by atoms with Gasteiger partial charge in [0.15, 0.2) is 0 Å². The van der Waals surface area contributed by atoms with Gasteiger partial charge >= 0.3 is 0 Å². The minimum atomic E-state index is -0.117. The van der Waals surface area contributed by atoms with E-state index in [1.54, 1.807) is 28.0 Å². The van der Waals surface area contributed by atoms with Gasteiger partial charge in [0.2, 0.25) is 0 Å². The van der Waals surface area contributed by atoms with Gasteiger partial charge in [-0.25, -0.2) is 9.67 Å². The van der Waals surface area contributed by atoms with Crippen molar-refractivity contribution in [1.29, 1.82) is 0 Å². The topological polar surface area (TPSA) is 86.3 Å². The summed E-state index contributed by atoms with van der Waals surface area (Å²) in [6.07, 6.45) is 5.05. The molecule has 1 aliphatic heterocycles. The maximum absolute atomic E-state index is 12.9. The number of amides is 1. The van der Waals surface area contributed by atoms with Crippen LogP contribution in [0, 0.1) is 0 Å². The van der Waals surface area contributed by atoms with Crippen LogP contribution in [0.15, 0.2) is 24.8 Å². The molecule has 0 aliphatic carbocycles. The highest BCUT2D eigenvalue weighted by molar-refractivity contribution is 6.33. The Hall–Kier alpha value is -1.99. The van der Waals surface area contributed by atoms with Crippen molar-refractivity contribution in [2.24, 2.45) is 0 Å². The van der Waals surface area contributed by atoms with Gasteiger partial charge in [-0.15, -0.1) is 12.4 Å². The van der Waals surface area contributed by atoms with Gasteiger partial charge in [-0.2, -0.15) is 5.10 Å². The molecule has 1 unspecified atom stereocenters. The van der Waals surface area contributed by atoms with E-state index >= 15 is 0 Å². The lowest BCUT2D eigenvalue weighted by Gasteiger charge is -2.33. The quantitative estimate of drug-likeness (QED) is 0.837. The number of nitrogens with two attached hydrogens (primary N) is 1. The predicted octanol–water partition coefficient (Wildman–Crippen LogP) is 2.42. The first-order valence-corrected chi connectivity index (χ1v) is 7.74. The molecule has 1 saturated heterocycles. The molecule has 0 spiro atoms. The Morgan fingerprint density at radius 2 is 2.25 bits per heavy atom. The van der Waals surface area contributed by atoms with Gasteiger partial charge < -0.3 is 15.4 Å². The first kappa shape index (κ1) is 18.4. The standard InChI is InChI=1S/C15H18ClN5O2.ClH/c1-23-14-6-13(17)12(16)5-11(14)15(22)20-4-2-3-10(7-20)21-9-18-8-19-21;/h5-6,8-10H,2-4,7,17H2,1H3;1H. The molecule has 0 bridgehead atoms. The Bertz CT molecular complexity index is 708. The number of aromatic nitrogens is 3. The van der Waals surface area contributed by atoms with E-state index in [4.69, 9.17) is 22.1 Å². The van der Waals surface area contributed by atoms with Gasteiger partial charge in [0.1, 0.15) is 18.4 Å². The van der Waals surface area contributed by atoms with E-state index in [0.717, 1.165) is 12.8 Å². The Kier molecular flexibility index (Phi) is 5.90. The van der Waals surface area contributed by atoms with Gasteiger partial charge in [-0.05, 0) is 18.9 Å². The van der Waals surface area contributed by atoms with Crippen molar-refractivity contribution >= 4 is 35.6 Å². The predicted molar refractivity (Wildman–Crippen MR) is 93.9 cm³/mol. The summed E-state index contributed by atoms with van der Waals surface area (Å²) in [7, 11) is 1.51. The minimum Gasteiger partial charge on any atom is -0.496 e. The molecule has 1 amide bonds. The number of carbonyl (C=O) groups is 1. The molecule has 1 fully saturated rings. The maximum Gasteiger partial charge on any atom is 0.257 e. The summed E-state index contributed by atoms with van der Waals surface area (Å²) < 4.78 is 7.08. The first-order valence-electron chi connectivity index (χ1n) is 7.36. The number of benzene rings is 1. The van der Waals surface area contributed by atoms with Crippen LogP contribution in [0.1, 0.15) is 29.2 Å².